The van der Waals surface area contributed by atoms with Crippen molar-refractivity contribution in [1.82, 2.24) is 10.6 Å². The molecule has 0 aromatic heterocycles. The third-order valence-corrected chi connectivity index (χ3v) is 2.64. The molecule has 0 aliphatic rings. The van der Waals surface area contributed by atoms with Gasteiger partial charge in [0.25, 0.3) is 0 Å². The lowest BCUT2D eigenvalue weighted by Gasteiger charge is -2.28. The van der Waals surface area contributed by atoms with Gasteiger partial charge in [-0.2, -0.15) is 0 Å². The monoisotopic (exact) mass is 244 g/mol. The number of hydrogen-bond donors (Lipinski definition) is 3. The second-order valence-corrected chi connectivity index (χ2v) is 5.39. The summed E-state index contributed by atoms with van der Waals surface area (Å²) in [5.74, 6) is -1.29. The zero-order valence-electron chi connectivity index (χ0n) is 11.3. The van der Waals surface area contributed by atoms with E-state index in [1.54, 1.807) is 20.8 Å². The van der Waals surface area contributed by atoms with E-state index in [4.69, 9.17) is 5.11 Å². The number of aliphatic carboxylic acids is 1. The summed E-state index contributed by atoms with van der Waals surface area (Å²) in [7, 11) is 0. The average Bonchev–Trinajstić information content (AvgIpc) is 2.20. The molecule has 0 bridgehead atoms. The van der Waals surface area contributed by atoms with Gasteiger partial charge in [-0.3, -0.25) is 4.79 Å². The van der Waals surface area contributed by atoms with Crippen LogP contribution in [0.5, 0.6) is 0 Å². The van der Waals surface area contributed by atoms with E-state index in [2.05, 4.69) is 10.6 Å². The summed E-state index contributed by atoms with van der Waals surface area (Å²) >= 11 is 0. The molecule has 0 aliphatic heterocycles. The molecule has 0 fully saturated rings. The van der Waals surface area contributed by atoms with E-state index in [9.17, 15) is 9.59 Å². The van der Waals surface area contributed by atoms with Gasteiger partial charge in [-0.25, -0.2) is 4.79 Å². The highest BCUT2D eigenvalue weighted by atomic mass is 16.4. The largest absolute Gasteiger partial charge is 0.480 e. The van der Waals surface area contributed by atoms with Crippen LogP contribution in [0.1, 0.15) is 41.0 Å². The third-order valence-electron chi connectivity index (χ3n) is 2.64. The van der Waals surface area contributed by atoms with Gasteiger partial charge in [-0.05, 0) is 18.8 Å². The molecule has 5 nitrogen and oxygen atoms in total. The lowest BCUT2D eigenvalue weighted by atomic mass is 9.87. The molecule has 0 aromatic rings. The van der Waals surface area contributed by atoms with Gasteiger partial charge >= 0.3 is 5.97 Å². The second kappa shape index (κ2) is 6.59. The molecule has 5 heteroatoms. The molecule has 0 rings (SSSR count). The summed E-state index contributed by atoms with van der Waals surface area (Å²) < 4.78 is 0. The van der Waals surface area contributed by atoms with Gasteiger partial charge in [0.1, 0.15) is 6.04 Å². The van der Waals surface area contributed by atoms with Crippen LogP contribution in [0.2, 0.25) is 0 Å². The van der Waals surface area contributed by atoms with Crippen molar-refractivity contribution in [1.29, 1.82) is 0 Å². The van der Waals surface area contributed by atoms with Crippen molar-refractivity contribution >= 4 is 11.9 Å². The van der Waals surface area contributed by atoms with E-state index in [1.807, 2.05) is 13.8 Å². The molecule has 17 heavy (non-hydrogen) atoms. The van der Waals surface area contributed by atoms with E-state index >= 15 is 0 Å². The number of nitrogens with one attached hydrogen (secondary N) is 2. The van der Waals surface area contributed by atoms with E-state index in [-0.39, 0.29) is 18.5 Å². The Hall–Kier alpha value is -1.10. The van der Waals surface area contributed by atoms with Crippen molar-refractivity contribution in [2.75, 3.05) is 6.54 Å². The van der Waals surface area contributed by atoms with Gasteiger partial charge in [0.15, 0.2) is 0 Å². The summed E-state index contributed by atoms with van der Waals surface area (Å²) in [6, 6.07) is -0.618. The molecule has 0 aliphatic carbocycles. The Kier molecular flexibility index (Phi) is 6.16. The van der Waals surface area contributed by atoms with Crippen molar-refractivity contribution < 1.29 is 14.7 Å². The van der Waals surface area contributed by atoms with E-state index in [0.29, 0.717) is 0 Å². The smallest absolute Gasteiger partial charge is 0.326 e. The topological polar surface area (TPSA) is 78.4 Å². The number of carbonyl (C=O) groups is 2. The fraction of sp³-hybridized carbons (Fsp3) is 0.833. The maximum Gasteiger partial charge on any atom is 0.326 e. The van der Waals surface area contributed by atoms with E-state index < -0.39 is 17.4 Å². The first-order valence-corrected chi connectivity index (χ1v) is 5.94. The van der Waals surface area contributed by atoms with Gasteiger partial charge in [0, 0.05) is 6.04 Å². The van der Waals surface area contributed by atoms with Crippen molar-refractivity contribution in [2.45, 2.75) is 53.1 Å². The molecular weight excluding hydrogens is 220 g/mol. The minimum atomic E-state index is -1.01. The number of carbonyl (C=O) groups excluding carboxylic acids is 1. The average molecular weight is 244 g/mol. The molecule has 2 atom stereocenters. The lowest BCUT2D eigenvalue weighted by Crippen LogP contribution is -2.51. The zero-order valence-corrected chi connectivity index (χ0v) is 11.3. The Balaban J connectivity index is 4.29. The van der Waals surface area contributed by atoms with Gasteiger partial charge < -0.3 is 15.7 Å². The van der Waals surface area contributed by atoms with Crippen LogP contribution in [0.25, 0.3) is 0 Å². The Morgan fingerprint density at radius 1 is 1.29 bits per heavy atom. The number of rotatable bonds is 6. The zero-order chi connectivity index (χ0) is 13.6. The fourth-order valence-corrected chi connectivity index (χ4v) is 1.27. The molecule has 3 N–H and O–H groups in total. The highest BCUT2D eigenvalue weighted by Gasteiger charge is 2.32. The number of amides is 1. The number of hydrogen-bond acceptors (Lipinski definition) is 3. The van der Waals surface area contributed by atoms with Crippen molar-refractivity contribution in [3.8, 4) is 0 Å². The van der Waals surface area contributed by atoms with Crippen molar-refractivity contribution in [3.63, 3.8) is 0 Å². The SMILES string of the molecule is CCC(C)NCC(=O)NC(C(=O)O)C(C)(C)C. The molecular formula is C12H24N2O3. The van der Waals surface area contributed by atoms with Crippen LogP contribution in [0.3, 0.4) is 0 Å². The quantitative estimate of drug-likeness (QED) is 0.651. The minimum Gasteiger partial charge on any atom is -0.480 e. The van der Waals surface area contributed by atoms with Gasteiger partial charge in [-0.15, -0.1) is 0 Å². The van der Waals surface area contributed by atoms with Crippen LogP contribution in [0.15, 0.2) is 0 Å². The Labute approximate surface area is 103 Å². The first-order valence-electron chi connectivity index (χ1n) is 5.94. The first-order chi connectivity index (χ1) is 7.68. The molecule has 0 heterocycles. The highest BCUT2D eigenvalue weighted by molar-refractivity contribution is 5.85. The fourth-order valence-electron chi connectivity index (χ4n) is 1.27. The molecule has 0 saturated carbocycles. The molecule has 0 saturated heterocycles. The maximum absolute atomic E-state index is 11.6. The highest BCUT2D eigenvalue weighted by Crippen LogP contribution is 2.19. The number of carboxylic acid groups (broad SMARTS) is 1. The van der Waals surface area contributed by atoms with Crippen LogP contribution in [0.4, 0.5) is 0 Å². The normalized spacial score (nSPS) is 15.1. The van der Waals surface area contributed by atoms with Gasteiger partial charge in [-0.1, -0.05) is 27.7 Å². The second-order valence-electron chi connectivity index (χ2n) is 5.39. The summed E-state index contributed by atoms with van der Waals surface area (Å²) in [4.78, 5) is 22.6. The molecule has 1 amide bonds. The number of carboxylic acids is 1. The van der Waals surface area contributed by atoms with E-state index in [1.165, 1.54) is 0 Å². The van der Waals surface area contributed by atoms with Crippen LogP contribution in [-0.2, 0) is 9.59 Å². The van der Waals surface area contributed by atoms with Crippen LogP contribution in [0, 0.1) is 5.41 Å². The van der Waals surface area contributed by atoms with Crippen molar-refractivity contribution in [2.24, 2.45) is 5.41 Å². The van der Waals surface area contributed by atoms with Gasteiger partial charge in [0.05, 0.1) is 6.54 Å². The molecule has 0 radical (unpaired) electrons. The predicted octanol–water partition coefficient (Wildman–Crippen LogP) is 0.990. The van der Waals surface area contributed by atoms with Crippen molar-refractivity contribution in [3.05, 3.63) is 0 Å². The lowest BCUT2D eigenvalue weighted by molar-refractivity contribution is -0.144. The first kappa shape index (κ1) is 15.9. The standard InChI is InChI=1S/C12H24N2O3/c1-6-8(2)13-7-9(15)14-10(11(16)17)12(3,4)5/h8,10,13H,6-7H2,1-5H3,(H,14,15)(H,16,17). The third kappa shape index (κ3) is 6.26. The summed E-state index contributed by atoms with van der Waals surface area (Å²) in [6.07, 6.45) is 0.926. The van der Waals surface area contributed by atoms with Gasteiger partial charge in [0.2, 0.25) is 5.91 Å². The molecule has 2 unspecified atom stereocenters. The summed E-state index contributed by atoms with van der Waals surface area (Å²) in [5, 5.41) is 14.6. The molecule has 0 aromatic carbocycles. The summed E-state index contributed by atoms with van der Waals surface area (Å²) in [6.45, 7) is 9.50. The van der Waals surface area contributed by atoms with Crippen LogP contribution in [-0.4, -0.2) is 35.6 Å². The van der Waals surface area contributed by atoms with E-state index in [0.717, 1.165) is 6.42 Å². The molecule has 100 valence electrons. The molecule has 0 spiro atoms. The van der Waals surface area contributed by atoms with Crippen LogP contribution < -0.4 is 10.6 Å². The van der Waals surface area contributed by atoms with Crippen LogP contribution >= 0.6 is 0 Å². The predicted molar refractivity (Wildman–Crippen MR) is 66.8 cm³/mol. The Bertz CT molecular complexity index is 271. The minimum absolute atomic E-state index is 0.148. The summed E-state index contributed by atoms with van der Waals surface area (Å²) in [5.41, 5.74) is -0.502. The Morgan fingerprint density at radius 2 is 1.82 bits per heavy atom. The Morgan fingerprint density at radius 3 is 2.18 bits per heavy atom. The maximum atomic E-state index is 11.6.